The smallest absolute Gasteiger partial charge is 0.161 e. The third-order valence-electron chi connectivity index (χ3n) is 4.17. The maximum atomic E-state index is 5.94. The zero-order chi connectivity index (χ0) is 19.1. The Morgan fingerprint density at radius 1 is 0.926 bits per heavy atom. The number of benzene rings is 2. The highest BCUT2D eigenvalue weighted by Crippen LogP contribution is 2.29. The number of aromatic nitrogens is 1. The average molecular weight is 363 g/mol. The van der Waals surface area contributed by atoms with Crippen LogP contribution in [-0.4, -0.2) is 25.3 Å². The molecule has 3 rings (SSSR count). The van der Waals surface area contributed by atoms with Gasteiger partial charge < -0.3 is 14.2 Å². The summed E-state index contributed by atoms with van der Waals surface area (Å²) in [6, 6.07) is 16.0. The van der Waals surface area contributed by atoms with E-state index in [1.54, 1.807) is 7.11 Å². The molecule has 1 aromatic heterocycles. The zero-order valence-corrected chi connectivity index (χ0v) is 16.1. The van der Waals surface area contributed by atoms with Crippen molar-refractivity contribution in [3.63, 3.8) is 0 Å². The van der Waals surface area contributed by atoms with Crippen molar-refractivity contribution in [3.05, 3.63) is 65.9 Å². The molecule has 1 heterocycles. The van der Waals surface area contributed by atoms with E-state index in [0.717, 1.165) is 45.8 Å². The predicted octanol–water partition coefficient (Wildman–Crippen LogP) is 5.43. The van der Waals surface area contributed by atoms with Gasteiger partial charge in [-0.1, -0.05) is 36.4 Å². The lowest BCUT2D eigenvalue weighted by molar-refractivity contribution is 0.241. The topological polar surface area (TPSA) is 40.6 Å². The van der Waals surface area contributed by atoms with Gasteiger partial charge >= 0.3 is 0 Å². The number of aryl methyl sites for hydroxylation is 1. The average Bonchev–Trinajstić information content (AvgIpc) is 2.69. The van der Waals surface area contributed by atoms with Gasteiger partial charge in [0.25, 0.3) is 0 Å². The van der Waals surface area contributed by atoms with E-state index in [9.17, 15) is 0 Å². The van der Waals surface area contributed by atoms with Crippen LogP contribution in [0.5, 0.6) is 17.2 Å². The third kappa shape index (κ3) is 4.79. The van der Waals surface area contributed by atoms with E-state index in [2.05, 4.69) is 11.1 Å². The highest BCUT2D eigenvalue weighted by Gasteiger charge is 2.06. The molecule has 0 aliphatic rings. The van der Waals surface area contributed by atoms with Gasteiger partial charge in [0.15, 0.2) is 11.5 Å². The molecule has 0 fully saturated rings. The van der Waals surface area contributed by atoms with Gasteiger partial charge in [-0.25, -0.2) is 4.98 Å². The lowest BCUT2D eigenvalue weighted by atomic mass is 10.2. The summed E-state index contributed by atoms with van der Waals surface area (Å²) in [6.07, 6.45) is 4.79. The van der Waals surface area contributed by atoms with Crippen LogP contribution in [0.25, 0.3) is 17.0 Å². The Kier molecular flexibility index (Phi) is 6.31. The number of allylic oxidation sites excluding steroid dienone is 1. The molecule has 0 radical (unpaired) electrons. The molecule has 0 saturated carbocycles. The highest BCUT2D eigenvalue weighted by atomic mass is 16.5. The molecule has 0 aliphatic heterocycles. The number of hydrogen-bond acceptors (Lipinski definition) is 4. The Labute approximate surface area is 160 Å². The fourth-order valence-corrected chi connectivity index (χ4v) is 2.86. The second kappa shape index (κ2) is 9.08. The quantitative estimate of drug-likeness (QED) is 0.500. The molecule has 0 bridgehead atoms. The molecule has 2 aromatic carbocycles. The number of methoxy groups -OCH3 is 1. The largest absolute Gasteiger partial charge is 0.493 e. The summed E-state index contributed by atoms with van der Waals surface area (Å²) in [5, 5.41) is 1.08. The van der Waals surface area contributed by atoms with E-state index >= 15 is 0 Å². The number of fused-ring (bicyclic) bond motifs is 1. The molecule has 0 N–H and O–H groups in total. The SMILES string of the molecule is CC=Cc1ccc(OCCCOc2cccc3ccc(C)nc23)c(OC)c1. The summed E-state index contributed by atoms with van der Waals surface area (Å²) in [5.41, 5.74) is 2.97. The Bertz CT molecular complexity index is 934. The molecule has 0 amide bonds. The van der Waals surface area contributed by atoms with E-state index in [4.69, 9.17) is 14.2 Å². The maximum Gasteiger partial charge on any atom is 0.161 e. The molecule has 140 valence electrons. The summed E-state index contributed by atoms with van der Waals surface area (Å²) in [5.74, 6) is 2.29. The van der Waals surface area contributed by atoms with Crippen molar-refractivity contribution in [2.45, 2.75) is 20.3 Å². The fraction of sp³-hybridized carbons (Fsp3) is 0.261. The van der Waals surface area contributed by atoms with Gasteiger partial charge in [-0.3, -0.25) is 0 Å². The van der Waals surface area contributed by atoms with Gasteiger partial charge in [-0.2, -0.15) is 0 Å². The van der Waals surface area contributed by atoms with E-state index < -0.39 is 0 Å². The van der Waals surface area contributed by atoms with Crippen molar-refractivity contribution in [2.75, 3.05) is 20.3 Å². The molecular weight excluding hydrogens is 338 g/mol. The van der Waals surface area contributed by atoms with Crippen LogP contribution in [0.2, 0.25) is 0 Å². The first kappa shape index (κ1) is 18.8. The first-order valence-electron chi connectivity index (χ1n) is 9.14. The highest BCUT2D eigenvalue weighted by molar-refractivity contribution is 5.84. The van der Waals surface area contributed by atoms with E-state index in [1.165, 1.54) is 0 Å². The summed E-state index contributed by atoms with van der Waals surface area (Å²) in [7, 11) is 1.65. The Morgan fingerprint density at radius 3 is 2.52 bits per heavy atom. The van der Waals surface area contributed by atoms with Gasteiger partial charge in [0.2, 0.25) is 0 Å². The van der Waals surface area contributed by atoms with Crippen molar-refractivity contribution < 1.29 is 14.2 Å². The molecule has 0 aliphatic carbocycles. The first-order chi connectivity index (χ1) is 13.2. The van der Waals surface area contributed by atoms with Crippen LogP contribution >= 0.6 is 0 Å². The second-order valence-electron chi connectivity index (χ2n) is 6.24. The van der Waals surface area contributed by atoms with Crippen LogP contribution in [0.1, 0.15) is 24.6 Å². The number of ether oxygens (including phenoxy) is 3. The van der Waals surface area contributed by atoms with Crippen molar-refractivity contribution in [2.24, 2.45) is 0 Å². The maximum absolute atomic E-state index is 5.94. The van der Waals surface area contributed by atoms with Crippen LogP contribution in [0.3, 0.4) is 0 Å². The van der Waals surface area contributed by atoms with Crippen LogP contribution in [0.15, 0.2) is 54.6 Å². The van der Waals surface area contributed by atoms with Crippen LogP contribution < -0.4 is 14.2 Å². The molecule has 3 aromatic rings. The number of pyridine rings is 1. The minimum absolute atomic E-state index is 0.552. The summed E-state index contributed by atoms with van der Waals surface area (Å²) >= 11 is 0. The van der Waals surface area contributed by atoms with Gasteiger partial charge in [0.05, 0.1) is 20.3 Å². The minimum atomic E-state index is 0.552. The van der Waals surface area contributed by atoms with Crippen molar-refractivity contribution >= 4 is 17.0 Å². The van der Waals surface area contributed by atoms with Crippen LogP contribution in [0.4, 0.5) is 0 Å². The van der Waals surface area contributed by atoms with Gasteiger partial charge in [0, 0.05) is 17.5 Å². The number of hydrogen-bond donors (Lipinski definition) is 0. The lowest BCUT2D eigenvalue weighted by Gasteiger charge is -2.12. The van der Waals surface area contributed by atoms with Crippen LogP contribution in [0, 0.1) is 6.92 Å². The molecule has 0 spiro atoms. The lowest BCUT2D eigenvalue weighted by Crippen LogP contribution is -2.06. The summed E-state index contributed by atoms with van der Waals surface area (Å²) < 4.78 is 17.2. The van der Waals surface area contributed by atoms with Gasteiger partial charge in [0.1, 0.15) is 11.3 Å². The second-order valence-corrected chi connectivity index (χ2v) is 6.24. The number of rotatable bonds is 8. The van der Waals surface area contributed by atoms with Crippen molar-refractivity contribution in [1.29, 1.82) is 0 Å². The van der Waals surface area contributed by atoms with Crippen LogP contribution in [-0.2, 0) is 0 Å². The number of para-hydroxylation sites is 1. The molecule has 27 heavy (non-hydrogen) atoms. The third-order valence-corrected chi connectivity index (χ3v) is 4.17. The number of nitrogens with zero attached hydrogens (tertiary/aromatic N) is 1. The normalized spacial score (nSPS) is 11.1. The fourth-order valence-electron chi connectivity index (χ4n) is 2.86. The predicted molar refractivity (Wildman–Crippen MR) is 110 cm³/mol. The van der Waals surface area contributed by atoms with Crippen molar-refractivity contribution in [3.8, 4) is 17.2 Å². The molecular formula is C23H25NO3. The monoisotopic (exact) mass is 363 g/mol. The summed E-state index contributed by atoms with van der Waals surface area (Å²) in [6.45, 7) is 5.09. The van der Waals surface area contributed by atoms with Gasteiger partial charge in [-0.05, 0) is 43.7 Å². The Hall–Kier alpha value is -3.01. The van der Waals surface area contributed by atoms with E-state index in [-0.39, 0.29) is 0 Å². The molecule has 4 nitrogen and oxygen atoms in total. The Balaban J connectivity index is 1.55. The minimum Gasteiger partial charge on any atom is -0.493 e. The van der Waals surface area contributed by atoms with Crippen molar-refractivity contribution in [1.82, 2.24) is 4.98 Å². The standard InChI is InChI=1S/C23H25NO3/c1-4-7-18-11-13-20(22(16-18)25-3)26-14-6-15-27-21-9-5-8-19-12-10-17(2)24-23(19)21/h4-5,7-13,16H,6,14-15H2,1-3H3. The molecule has 0 unspecified atom stereocenters. The van der Waals surface area contributed by atoms with Gasteiger partial charge in [-0.15, -0.1) is 0 Å². The summed E-state index contributed by atoms with van der Waals surface area (Å²) in [4.78, 5) is 4.59. The molecule has 4 heteroatoms. The van der Waals surface area contributed by atoms with E-state index in [1.807, 2.05) is 68.5 Å². The Morgan fingerprint density at radius 2 is 1.74 bits per heavy atom. The van der Waals surface area contributed by atoms with E-state index in [0.29, 0.717) is 13.2 Å². The zero-order valence-electron chi connectivity index (χ0n) is 16.1. The molecule has 0 saturated heterocycles. The molecule has 0 atom stereocenters. The first-order valence-corrected chi connectivity index (χ1v) is 9.14.